The Morgan fingerprint density at radius 2 is 1.86 bits per heavy atom. The standard InChI is InChI=1S/C27H28FNO5S/c1-2-33-26(30)16-15-21-14-13-20(18-24(21)28)19-34-25-12-6-8-22-9-7-17-29(27(22)25)35(31,32)23-10-4-3-5-11-23/h3-6,8,10-14,18H,2,7,9,15-17,19H2,1H3. The molecule has 0 N–H and O–H groups in total. The summed E-state index contributed by atoms with van der Waals surface area (Å²) in [5.41, 5.74) is 2.47. The third-order valence-corrected chi connectivity index (χ3v) is 7.70. The second-order valence-electron chi connectivity index (χ2n) is 8.28. The number of para-hydroxylation sites is 1. The third-order valence-electron chi connectivity index (χ3n) is 5.89. The van der Waals surface area contributed by atoms with Gasteiger partial charge in [-0.1, -0.05) is 42.5 Å². The zero-order chi connectivity index (χ0) is 24.8. The number of sulfonamides is 1. The number of carbonyl (C=O) groups excluding carboxylic acids is 1. The van der Waals surface area contributed by atoms with Crippen LogP contribution in [-0.2, 0) is 39.0 Å². The summed E-state index contributed by atoms with van der Waals surface area (Å²) in [6.45, 7) is 2.46. The van der Waals surface area contributed by atoms with E-state index in [1.54, 1.807) is 55.5 Å². The average molecular weight is 498 g/mol. The number of carbonyl (C=O) groups is 1. The number of benzene rings is 3. The monoisotopic (exact) mass is 497 g/mol. The van der Waals surface area contributed by atoms with Crippen LogP contribution in [-0.4, -0.2) is 27.5 Å². The van der Waals surface area contributed by atoms with Gasteiger partial charge in [-0.15, -0.1) is 0 Å². The number of fused-ring (bicyclic) bond motifs is 1. The van der Waals surface area contributed by atoms with E-state index < -0.39 is 15.8 Å². The van der Waals surface area contributed by atoms with Crippen molar-refractivity contribution in [3.63, 3.8) is 0 Å². The van der Waals surface area contributed by atoms with Crippen LogP contribution in [0.15, 0.2) is 71.6 Å². The summed E-state index contributed by atoms with van der Waals surface area (Å²) in [6, 6.07) is 18.6. The van der Waals surface area contributed by atoms with E-state index in [1.165, 1.54) is 10.4 Å². The third kappa shape index (κ3) is 5.65. The average Bonchev–Trinajstić information content (AvgIpc) is 2.87. The van der Waals surface area contributed by atoms with Crippen LogP contribution in [0, 0.1) is 5.82 Å². The molecule has 1 aliphatic rings. The molecule has 1 heterocycles. The highest BCUT2D eigenvalue weighted by molar-refractivity contribution is 7.92. The van der Waals surface area contributed by atoms with E-state index in [0.29, 0.717) is 42.1 Å². The maximum Gasteiger partial charge on any atom is 0.306 e. The minimum Gasteiger partial charge on any atom is -0.487 e. The second-order valence-corrected chi connectivity index (χ2v) is 10.1. The van der Waals surface area contributed by atoms with Crippen molar-refractivity contribution in [1.29, 1.82) is 0 Å². The SMILES string of the molecule is CCOC(=O)CCc1ccc(COc2cccc3c2N(S(=O)(=O)c2ccccc2)CCC3)cc1F. The van der Waals surface area contributed by atoms with Crippen molar-refractivity contribution in [3.05, 3.63) is 89.2 Å². The normalized spacial score (nSPS) is 13.3. The lowest BCUT2D eigenvalue weighted by Gasteiger charge is -2.32. The molecule has 0 amide bonds. The topological polar surface area (TPSA) is 72.9 Å². The molecule has 0 aromatic heterocycles. The van der Waals surface area contributed by atoms with Gasteiger partial charge in [0, 0.05) is 13.0 Å². The van der Waals surface area contributed by atoms with Gasteiger partial charge < -0.3 is 9.47 Å². The first-order valence-electron chi connectivity index (χ1n) is 11.7. The van der Waals surface area contributed by atoms with Gasteiger partial charge in [0.25, 0.3) is 10.0 Å². The summed E-state index contributed by atoms with van der Waals surface area (Å²) in [6.07, 6.45) is 1.82. The van der Waals surface area contributed by atoms with Crippen LogP contribution in [0.3, 0.4) is 0 Å². The van der Waals surface area contributed by atoms with Crippen LogP contribution in [0.5, 0.6) is 5.75 Å². The highest BCUT2D eigenvalue weighted by Crippen LogP contribution is 2.39. The molecule has 4 rings (SSSR count). The number of halogens is 1. The van der Waals surface area contributed by atoms with Crippen molar-refractivity contribution in [2.24, 2.45) is 0 Å². The molecule has 0 saturated heterocycles. The van der Waals surface area contributed by atoms with Crippen molar-refractivity contribution in [1.82, 2.24) is 0 Å². The maximum atomic E-state index is 14.6. The van der Waals surface area contributed by atoms with Crippen molar-refractivity contribution in [3.8, 4) is 5.75 Å². The Kier molecular flexibility index (Phi) is 7.70. The quantitative estimate of drug-likeness (QED) is 0.387. The first-order valence-corrected chi connectivity index (χ1v) is 13.1. The number of nitrogens with zero attached hydrogens (tertiary/aromatic N) is 1. The molecule has 6 nitrogen and oxygen atoms in total. The summed E-state index contributed by atoms with van der Waals surface area (Å²) in [5.74, 6) is -0.338. The molecule has 8 heteroatoms. The molecule has 3 aromatic carbocycles. The zero-order valence-electron chi connectivity index (χ0n) is 19.6. The van der Waals surface area contributed by atoms with Gasteiger partial charge in [0.05, 0.1) is 17.2 Å². The van der Waals surface area contributed by atoms with Crippen LogP contribution in [0.2, 0.25) is 0 Å². The summed E-state index contributed by atoms with van der Waals surface area (Å²) in [5, 5.41) is 0. The number of rotatable bonds is 9. The van der Waals surface area contributed by atoms with Crippen LogP contribution in [0.1, 0.15) is 36.5 Å². The van der Waals surface area contributed by atoms with Gasteiger partial charge in [-0.05, 0) is 67.1 Å². The minimum absolute atomic E-state index is 0.0742. The van der Waals surface area contributed by atoms with E-state index >= 15 is 0 Å². The molecule has 35 heavy (non-hydrogen) atoms. The molecule has 1 aliphatic heterocycles. The molecule has 0 fully saturated rings. The first-order chi connectivity index (χ1) is 16.9. The molecule has 0 bridgehead atoms. The Balaban J connectivity index is 1.53. The highest BCUT2D eigenvalue weighted by atomic mass is 32.2. The van der Waals surface area contributed by atoms with E-state index in [0.717, 1.165) is 12.0 Å². The summed E-state index contributed by atoms with van der Waals surface area (Å²) in [7, 11) is -3.76. The second kappa shape index (κ2) is 10.9. The summed E-state index contributed by atoms with van der Waals surface area (Å²) >= 11 is 0. The minimum atomic E-state index is -3.76. The summed E-state index contributed by atoms with van der Waals surface area (Å²) < 4.78 is 53.7. The first kappa shape index (κ1) is 24.7. The van der Waals surface area contributed by atoms with Crippen LogP contribution in [0.4, 0.5) is 10.1 Å². The van der Waals surface area contributed by atoms with E-state index in [2.05, 4.69) is 0 Å². The Hall–Kier alpha value is -3.39. The van der Waals surface area contributed by atoms with E-state index in [4.69, 9.17) is 9.47 Å². The fourth-order valence-electron chi connectivity index (χ4n) is 4.17. The molecule has 0 radical (unpaired) electrons. The van der Waals surface area contributed by atoms with Gasteiger partial charge in [-0.2, -0.15) is 0 Å². The Labute approximate surface area is 205 Å². The number of ether oxygens (including phenoxy) is 2. The van der Waals surface area contributed by atoms with Crippen molar-refractivity contribution < 1.29 is 27.1 Å². The van der Waals surface area contributed by atoms with E-state index in [9.17, 15) is 17.6 Å². The van der Waals surface area contributed by atoms with Crippen LogP contribution in [0.25, 0.3) is 0 Å². The number of hydrogen-bond donors (Lipinski definition) is 0. The molecule has 0 saturated carbocycles. The number of aryl methyl sites for hydroxylation is 2. The molecule has 0 spiro atoms. The van der Waals surface area contributed by atoms with E-state index in [-0.39, 0.29) is 30.3 Å². The molecule has 0 aliphatic carbocycles. The van der Waals surface area contributed by atoms with E-state index in [1.807, 2.05) is 12.1 Å². The molecule has 0 atom stereocenters. The molecular weight excluding hydrogens is 469 g/mol. The lowest BCUT2D eigenvalue weighted by Crippen LogP contribution is -2.35. The van der Waals surface area contributed by atoms with Gasteiger partial charge in [0.1, 0.15) is 18.2 Å². The van der Waals surface area contributed by atoms with Crippen LogP contribution >= 0.6 is 0 Å². The van der Waals surface area contributed by atoms with Crippen molar-refractivity contribution >= 4 is 21.7 Å². The van der Waals surface area contributed by atoms with Gasteiger partial charge in [-0.25, -0.2) is 12.8 Å². The fraction of sp³-hybridized carbons (Fsp3) is 0.296. The van der Waals surface area contributed by atoms with Gasteiger partial charge in [0.15, 0.2) is 0 Å². The molecule has 3 aromatic rings. The Morgan fingerprint density at radius 3 is 2.60 bits per heavy atom. The maximum absolute atomic E-state index is 14.6. The predicted molar refractivity (Wildman–Crippen MR) is 131 cm³/mol. The Bertz CT molecular complexity index is 1290. The Morgan fingerprint density at radius 1 is 1.06 bits per heavy atom. The fourth-order valence-corrected chi connectivity index (χ4v) is 5.74. The molecule has 0 unspecified atom stereocenters. The zero-order valence-corrected chi connectivity index (χ0v) is 20.4. The van der Waals surface area contributed by atoms with Gasteiger partial charge >= 0.3 is 5.97 Å². The van der Waals surface area contributed by atoms with Crippen molar-refractivity contribution in [2.45, 2.75) is 44.1 Å². The molecule has 184 valence electrons. The largest absolute Gasteiger partial charge is 0.487 e. The number of hydrogen-bond acceptors (Lipinski definition) is 5. The number of esters is 1. The summed E-state index contributed by atoms with van der Waals surface area (Å²) in [4.78, 5) is 11.8. The lowest BCUT2D eigenvalue weighted by atomic mass is 10.0. The van der Waals surface area contributed by atoms with Gasteiger partial charge in [0.2, 0.25) is 0 Å². The van der Waals surface area contributed by atoms with Crippen LogP contribution < -0.4 is 9.04 Å². The predicted octanol–water partition coefficient (Wildman–Crippen LogP) is 5.04. The lowest BCUT2D eigenvalue weighted by molar-refractivity contribution is -0.143. The highest BCUT2D eigenvalue weighted by Gasteiger charge is 2.31. The number of anilines is 1. The smallest absolute Gasteiger partial charge is 0.306 e. The van der Waals surface area contributed by atoms with Gasteiger partial charge in [-0.3, -0.25) is 9.10 Å². The van der Waals surface area contributed by atoms with Crippen molar-refractivity contribution in [2.75, 3.05) is 17.5 Å². The molecular formula is C27H28FNO5S.